The molecule has 0 bridgehead atoms. The summed E-state index contributed by atoms with van der Waals surface area (Å²) in [5, 5.41) is 1.72. The largest absolute Gasteiger partial charge is 0.277 e. The van der Waals surface area contributed by atoms with Crippen molar-refractivity contribution in [2.24, 2.45) is 5.84 Å². The SMILES string of the molecule is NN(C=O)c1ccc(Cl)c(Cl)c1. The zero-order valence-corrected chi connectivity index (χ0v) is 7.51. The van der Waals surface area contributed by atoms with E-state index in [1.165, 1.54) is 6.07 Å². The molecule has 12 heavy (non-hydrogen) atoms. The molecule has 3 nitrogen and oxygen atoms in total. The van der Waals surface area contributed by atoms with Gasteiger partial charge < -0.3 is 0 Å². The highest BCUT2D eigenvalue weighted by Gasteiger charge is 2.02. The van der Waals surface area contributed by atoms with Gasteiger partial charge in [0.1, 0.15) is 0 Å². The van der Waals surface area contributed by atoms with E-state index in [0.717, 1.165) is 5.01 Å². The van der Waals surface area contributed by atoms with Crippen molar-refractivity contribution in [3.63, 3.8) is 0 Å². The lowest BCUT2D eigenvalue weighted by Gasteiger charge is -2.10. The summed E-state index contributed by atoms with van der Waals surface area (Å²) in [5.41, 5.74) is 0.499. The maximum Gasteiger partial charge on any atom is 0.228 e. The number of hydrazine groups is 1. The second-order valence-electron chi connectivity index (χ2n) is 2.11. The van der Waals surface area contributed by atoms with E-state index in [4.69, 9.17) is 29.0 Å². The minimum absolute atomic E-state index is 0.367. The highest BCUT2D eigenvalue weighted by Crippen LogP contribution is 2.25. The number of halogens is 2. The Hall–Kier alpha value is -0.770. The molecular formula is C7H6Cl2N2O. The van der Waals surface area contributed by atoms with Gasteiger partial charge >= 0.3 is 0 Å². The van der Waals surface area contributed by atoms with Crippen LogP contribution in [0.5, 0.6) is 0 Å². The lowest BCUT2D eigenvalue weighted by molar-refractivity contribution is -0.107. The van der Waals surface area contributed by atoms with Gasteiger partial charge in [-0.25, -0.2) is 5.84 Å². The smallest absolute Gasteiger partial charge is 0.228 e. The Morgan fingerprint density at radius 2 is 2.00 bits per heavy atom. The van der Waals surface area contributed by atoms with Gasteiger partial charge in [0.15, 0.2) is 0 Å². The van der Waals surface area contributed by atoms with Crippen LogP contribution in [-0.4, -0.2) is 6.41 Å². The summed E-state index contributed by atoms with van der Waals surface area (Å²) in [4.78, 5) is 10.2. The first-order chi connectivity index (χ1) is 5.65. The van der Waals surface area contributed by atoms with Gasteiger partial charge in [-0.1, -0.05) is 23.2 Å². The predicted octanol–water partition coefficient (Wildman–Crippen LogP) is 1.83. The fourth-order valence-electron chi connectivity index (χ4n) is 0.707. The van der Waals surface area contributed by atoms with Gasteiger partial charge in [-0.05, 0) is 18.2 Å². The number of hydrogen-bond acceptors (Lipinski definition) is 2. The predicted molar refractivity (Wildman–Crippen MR) is 49.2 cm³/mol. The second-order valence-corrected chi connectivity index (χ2v) is 2.93. The Morgan fingerprint density at radius 1 is 1.33 bits per heavy atom. The van der Waals surface area contributed by atoms with Crippen LogP contribution in [0, 0.1) is 0 Å². The minimum Gasteiger partial charge on any atom is -0.277 e. The fraction of sp³-hybridized carbons (Fsp3) is 0. The fourth-order valence-corrected chi connectivity index (χ4v) is 0.999. The van der Waals surface area contributed by atoms with Crippen molar-refractivity contribution in [2.75, 3.05) is 5.01 Å². The molecule has 0 fully saturated rings. The number of nitrogens with zero attached hydrogens (tertiary/aromatic N) is 1. The van der Waals surface area contributed by atoms with Crippen LogP contribution in [-0.2, 0) is 4.79 Å². The highest BCUT2D eigenvalue weighted by molar-refractivity contribution is 6.42. The molecule has 1 rings (SSSR count). The third-order valence-electron chi connectivity index (χ3n) is 1.31. The number of carbonyl (C=O) groups is 1. The van der Waals surface area contributed by atoms with Gasteiger partial charge in [0.2, 0.25) is 6.41 Å². The Bertz CT molecular complexity index is 303. The summed E-state index contributed by atoms with van der Waals surface area (Å²) < 4.78 is 0. The summed E-state index contributed by atoms with van der Waals surface area (Å²) in [7, 11) is 0. The van der Waals surface area contributed by atoms with Gasteiger partial charge in [-0.15, -0.1) is 0 Å². The third-order valence-corrected chi connectivity index (χ3v) is 2.05. The summed E-state index contributed by atoms with van der Waals surface area (Å²) in [6, 6.07) is 4.68. The molecule has 0 saturated carbocycles. The van der Waals surface area contributed by atoms with E-state index in [1.807, 2.05) is 0 Å². The van der Waals surface area contributed by atoms with Crippen LogP contribution in [0.15, 0.2) is 18.2 Å². The van der Waals surface area contributed by atoms with Gasteiger partial charge in [0.25, 0.3) is 0 Å². The average Bonchev–Trinajstić information content (AvgIpc) is 2.08. The zero-order chi connectivity index (χ0) is 9.14. The molecule has 0 heterocycles. The van der Waals surface area contributed by atoms with E-state index in [9.17, 15) is 4.79 Å². The van der Waals surface area contributed by atoms with Crippen LogP contribution in [0.25, 0.3) is 0 Å². The van der Waals surface area contributed by atoms with E-state index in [-0.39, 0.29) is 0 Å². The van der Waals surface area contributed by atoms with Crippen molar-refractivity contribution in [1.82, 2.24) is 0 Å². The average molecular weight is 205 g/mol. The number of anilines is 1. The van der Waals surface area contributed by atoms with Gasteiger partial charge in [0.05, 0.1) is 15.7 Å². The molecule has 1 aromatic rings. The molecule has 64 valence electrons. The molecule has 0 aromatic heterocycles. The first kappa shape index (κ1) is 9.32. The Kier molecular flexibility index (Phi) is 2.92. The van der Waals surface area contributed by atoms with Crippen molar-refractivity contribution in [1.29, 1.82) is 0 Å². The normalized spacial score (nSPS) is 9.58. The second kappa shape index (κ2) is 3.76. The van der Waals surface area contributed by atoms with Crippen molar-refractivity contribution in [3.8, 4) is 0 Å². The molecule has 0 radical (unpaired) electrons. The molecule has 5 heteroatoms. The maximum atomic E-state index is 10.2. The molecule has 0 unspecified atom stereocenters. The van der Waals surface area contributed by atoms with Crippen LogP contribution in [0.1, 0.15) is 0 Å². The van der Waals surface area contributed by atoms with E-state index in [1.54, 1.807) is 12.1 Å². The van der Waals surface area contributed by atoms with Crippen LogP contribution in [0.4, 0.5) is 5.69 Å². The summed E-state index contributed by atoms with van der Waals surface area (Å²) in [6.45, 7) is 0. The molecule has 1 aromatic carbocycles. The first-order valence-corrected chi connectivity index (χ1v) is 3.85. The minimum atomic E-state index is 0.367. The van der Waals surface area contributed by atoms with E-state index in [2.05, 4.69) is 0 Å². The van der Waals surface area contributed by atoms with Gasteiger partial charge in [-0.2, -0.15) is 0 Å². The summed E-state index contributed by atoms with van der Waals surface area (Å²) in [5.74, 6) is 5.28. The van der Waals surface area contributed by atoms with Gasteiger partial charge in [0, 0.05) is 0 Å². The number of benzene rings is 1. The van der Waals surface area contributed by atoms with Crippen LogP contribution >= 0.6 is 23.2 Å². The zero-order valence-electron chi connectivity index (χ0n) is 6.00. The first-order valence-electron chi connectivity index (χ1n) is 3.09. The summed E-state index contributed by atoms with van der Waals surface area (Å²) in [6.07, 6.45) is 0.486. The molecule has 0 aliphatic carbocycles. The maximum absolute atomic E-state index is 10.2. The van der Waals surface area contributed by atoms with Crippen molar-refractivity contribution in [3.05, 3.63) is 28.2 Å². The number of amides is 1. The number of nitrogens with two attached hydrogens (primary N) is 1. The Labute approximate surface area is 79.6 Å². The molecule has 2 N–H and O–H groups in total. The molecule has 0 aliphatic heterocycles. The number of rotatable bonds is 2. The highest BCUT2D eigenvalue weighted by atomic mass is 35.5. The van der Waals surface area contributed by atoms with E-state index < -0.39 is 0 Å². The van der Waals surface area contributed by atoms with E-state index in [0.29, 0.717) is 22.1 Å². The molecular weight excluding hydrogens is 199 g/mol. The molecule has 1 amide bonds. The van der Waals surface area contributed by atoms with E-state index >= 15 is 0 Å². The molecule has 0 spiro atoms. The monoisotopic (exact) mass is 204 g/mol. The van der Waals surface area contributed by atoms with Crippen molar-refractivity contribution >= 4 is 35.3 Å². The lowest BCUT2D eigenvalue weighted by Crippen LogP contribution is -2.28. The molecule has 0 aliphatic rings. The standard InChI is InChI=1S/C7H6Cl2N2O/c8-6-2-1-5(3-7(6)9)11(10)4-12/h1-4H,10H2. The third kappa shape index (κ3) is 1.88. The van der Waals surface area contributed by atoms with Crippen LogP contribution in [0.3, 0.4) is 0 Å². The van der Waals surface area contributed by atoms with Crippen molar-refractivity contribution in [2.45, 2.75) is 0 Å². The van der Waals surface area contributed by atoms with Gasteiger partial charge in [-0.3, -0.25) is 9.80 Å². The van der Waals surface area contributed by atoms with Crippen LogP contribution < -0.4 is 10.9 Å². The molecule has 0 atom stereocenters. The molecule has 0 saturated heterocycles. The number of carbonyl (C=O) groups excluding carboxylic acids is 1. The number of hydrogen-bond donors (Lipinski definition) is 1. The summed E-state index contributed by atoms with van der Waals surface area (Å²) >= 11 is 11.3. The Balaban J connectivity index is 3.04. The lowest BCUT2D eigenvalue weighted by atomic mass is 10.3. The Morgan fingerprint density at radius 3 is 2.50 bits per heavy atom. The topological polar surface area (TPSA) is 46.3 Å². The quantitative estimate of drug-likeness (QED) is 0.346. The van der Waals surface area contributed by atoms with Crippen LogP contribution in [0.2, 0.25) is 10.0 Å². The van der Waals surface area contributed by atoms with Crippen molar-refractivity contribution < 1.29 is 4.79 Å².